The second-order valence-corrected chi connectivity index (χ2v) is 8.31. The summed E-state index contributed by atoms with van der Waals surface area (Å²) in [5.74, 6) is -3.34. The Bertz CT molecular complexity index is 644. The molecular formula is C19H32O14. The van der Waals surface area contributed by atoms with Crippen LogP contribution in [0.2, 0.25) is 0 Å². The minimum atomic E-state index is -1.82. The number of carboxylic acid groups (broad SMARTS) is 2. The summed E-state index contributed by atoms with van der Waals surface area (Å²) in [5, 5.41) is 68.9. The molecule has 0 spiro atoms. The Morgan fingerprint density at radius 1 is 0.788 bits per heavy atom. The van der Waals surface area contributed by atoms with Crippen molar-refractivity contribution < 1.29 is 69.0 Å². The minimum Gasteiger partial charge on any atom is -0.480 e. The highest BCUT2D eigenvalue weighted by atomic mass is 16.7. The van der Waals surface area contributed by atoms with Gasteiger partial charge in [-0.05, 0) is 5.92 Å². The van der Waals surface area contributed by atoms with Gasteiger partial charge < -0.3 is 59.4 Å². The van der Waals surface area contributed by atoms with E-state index in [9.17, 15) is 35.1 Å². The van der Waals surface area contributed by atoms with Gasteiger partial charge in [0, 0.05) is 5.92 Å². The van der Waals surface area contributed by atoms with Gasteiger partial charge in [0.1, 0.15) is 43.7 Å². The number of rotatable bonds is 11. The third-order valence-corrected chi connectivity index (χ3v) is 5.50. The molecule has 0 amide bonds. The standard InChI is InChI=1S/C19H32O14/c1-7(2)12-8(3-29-5-10(20)21)32-19(16(27)13(12)24)33-17-9(4-30-6-11(22)23)31-18(28)15(26)14(17)25/h7-9,12-19,24-28H,3-6H2,1-2H3,(H,20,21)(H,22,23). The predicted octanol–water partition coefficient (Wildman–Crippen LogP) is -3.27. The molecule has 0 bridgehead atoms. The number of aliphatic hydroxyl groups is 5. The Kier molecular flexibility index (Phi) is 10.4. The van der Waals surface area contributed by atoms with Crippen LogP contribution in [0.1, 0.15) is 13.8 Å². The van der Waals surface area contributed by atoms with Crippen molar-refractivity contribution in [1.82, 2.24) is 0 Å². The van der Waals surface area contributed by atoms with Crippen molar-refractivity contribution in [2.24, 2.45) is 11.8 Å². The molecule has 0 aliphatic carbocycles. The van der Waals surface area contributed by atoms with Crippen molar-refractivity contribution in [2.45, 2.75) is 69.2 Å². The predicted molar refractivity (Wildman–Crippen MR) is 104 cm³/mol. The molecule has 2 rings (SSSR count). The summed E-state index contributed by atoms with van der Waals surface area (Å²) in [6.45, 7) is 1.51. The van der Waals surface area contributed by atoms with Crippen LogP contribution in [0.5, 0.6) is 0 Å². The maximum atomic E-state index is 10.7. The second-order valence-electron chi connectivity index (χ2n) is 8.31. The first-order chi connectivity index (χ1) is 15.4. The number of hydrogen-bond donors (Lipinski definition) is 7. The van der Waals surface area contributed by atoms with E-state index in [-0.39, 0.29) is 12.5 Å². The molecule has 0 aromatic heterocycles. The van der Waals surface area contributed by atoms with Crippen molar-refractivity contribution in [3.8, 4) is 0 Å². The van der Waals surface area contributed by atoms with E-state index < -0.39 is 93.0 Å². The summed E-state index contributed by atoms with van der Waals surface area (Å²) in [6, 6.07) is 0. The van der Waals surface area contributed by atoms with Gasteiger partial charge in [-0.2, -0.15) is 0 Å². The number of ether oxygens (including phenoxy) is 5. The summed E-state index contributed by atoms with van der Waals surface area (Å²) in [7, 11) is 0. The molecule has 2 aliphatic heterocycles. The van der Waals surface area contributed by atoms with E-state index in [1.807, 2.05) is 0 Å². The van der Waals surface area contributed by atoms with Crippen LogP contribution in [0, 0.1) is 11.8 Å². The lowest BCUT2D eigenvalue weighted by Crippen LogP contribution is -2.64. The topological polar surface area (TPSA) is 222 Å². The summed E-state index contributed by atoms with van der Waals surface area (Å²) >= 11 is 0. The highest BCUT2D eigenvalue weighted by Gasteiger charge is 2.51. The van der Waals surface area contributed by atoms with Crippen LogP contribution in [-0.4, -0.2) is 129 Å². The van der Waals surface area contributed by atoms with Crippen molar-refractivity contribution in [3.63, 3.8) is 0 Å². The van der Waals surface area contributed by atoms with Crippen molar-refractivity contribution >= 4 is 11.9 Å². The molecule has 0 saturated carbocycles. The summed E-state index contributed by atoms with van der Waals surface area (Å²) in [4.78, 5) is 21.4. The van der Waals surface area contributed by atoms with Crippen LogP contribution in [0.25, 0.3) is 0 Å². The highest BCUT2D eigenvalue weighted by molar-refractivity contribution is 5.68. The quantitative estimate of drug-likeness (QED) is 0.153. The average molecular weight is 484 g/mol. The molecule has 14 heteroatoms. The van der Waals surface area contributed by atoms with Crippen LogP contribution < -0.4 is 0 Å². The van der Waals surface area contributed by atoms with Crippen molar-refractivity contribution in [1.29, 1.82) is 0 Å². The van der Waals surface area contributed by atoms with E-state index in [0.29, 0.717) is 0 Å². The van der Waals surface area contributed by atoms with Crippen LogP contribution in [0.15, 0.2) is 0 Å². The molecule has 7 N–H and O–H groups in total. The van der Waals surface area contributed by atoms with Gasteiger partial charge >= 0.3 is 11.9 Å². The van der Waals surface area contributed by atoms with Gasteiger partial charge in [-0.3, -0.25) is 0 Å². The molecule has 0 aromatic carbocycles. The SMILES string of the molecule is CC(C)C1C(COCC(=O)O)OC(OC2C(COCC(=O)O)OC(O)C(O)C2O)C(O)C1O. The lowest BCUT2D eigenvalue weighted by Gasteiger charge is -2.47. The Morgan fingerprint density at radius 3 is 1.85 bits per heavy atom. The van der Waals surface area contributed by atoms with Crippen molar-refractivity contribution in [3.05, 3.63) is 0 Å². The molecule has 0 aromatic rings. The van der Waals surface area contributed by atoms with E-state index >= 15 is 0 Å². The Hall–Kier alpha value is -1.46. The normalized spacial score (nSPS) is 39.5. The zero-order valence-corrected chi connectivity index (χ0v) is 18.2. The van der Waals surface area contributed by atoms with Crippen LogP contribution >= 0.6 is 0 Å². The molecule has 2 aliphatic rings. The second kappa shape index (κ2) is 12.3. The highest BCUT2D eigenvalue weighted by Crippen LogP contribution is 2.34. The van der Waals surface area contributed by atoms with E-state index in [1.165, 1.54) is 0 Å². The first kappa shape index (κ1) is 27.8. The number of carbonyl (C=O) groups is 2. The zero-order valence-electron chi connectivity index (χ0n) is 18.2. The summed E-state index contributed by atoms with van der Waals surface area (Å²) < 4.78 is 26.5. The monoisotopic (exact) mass is 484 g/mol. The summed E-state index contributed by atoms with van der Waals surface area (Å²) in [5.41, 5.74) is 0. The third-order valence-electron chi connectivity index (χ3n) is 5.50. The third kappa shape index (κ3) is 7.26. The van der Waals surface area contributed by atoms with Gasteiger partial charge in [-0.1, -0.05) is 13.8 Å². The molecule has 0 radical (unpaired) electrons. The van der Waals surface area contributed by atoms with E-state index in [0.717, 1.165) is 0 Å². The van der Waals surface area contributed by atoms with Gasteiger partial charge in [0.05, 0.1) is 25.4 Å². The molecule has 2 fully saturated rings. The zero-order chi connectivity index (χ0) is 24.9. The van der Waals surface area contributed by atoms with Gasteiger partial charge in [0.15, 0.2) is 12.6 Å². The average Bonchev–Trinajstić information content (AvgIpc) is 2.71. The van der Waals surface area contributed by atoms with E-state index in [1.54, 1.807) is 13.8 Å². The van der Waals surface area contributed by atoms with Gasteiger partial charge in [0.2, 0.25) is 0 Å². The molecule has 33 heavy (non-hydrogen) atoms. The van der Waals surface area contributed by atoms with Gasteiger partial charge in [0.25, 0.3) is 0 Å². The molecular weight excluding hydrogens is 452 g/mol. The van der Waals surface area contributed by atoms with E-state index in [2.05, 4.69) is 0 Å². The Labute approximate surface area is 189 Å². The fourth-order valence-corrected chi connectivity index (χ4v) is 3.94. The van der Waals surface area contributed by atoms with Gasteiger partial charge in [-0.15, -0.1) is 0 Å². The number of aliphatic carboxylic acids is 2. The summed E-state index contributed by atoms with van der Waals surface area (Å²) in [6.07, 6.45) is -13.5. The lowest BCUT2D eigenvalue weighted by atomic mass is 9.81. The van der Waals surface area contributed by atoms with Crippen LogP contribution in [0.4, 0.5) is 0 Å². The first-order valence-electron chi connectivity index (χ1n) is 10.4. The van der Waals surface area contributed by atoms with E-state index in [4.69, 9.17) is 33.9 Å². The first-order valence-corrected chi connectivity index (χ1v) is 10.4. The van der Waals surface area contributed by atoms with Gasteiger partial charge in [-0.25, -0.2) is 9.59 Å². The number of carboxylic acids is 2. The maximum absolute atomic E-state index is 10.7. The van der Waals surface area contributed by atoms with Crippen LogP contribution in [0.3, 0.4) is 0 Å². The maximum Gasteiger partial charge on any atom is 0.329 e. The molecule has 10 atom stereocenters. The smallest absolute Gasteiger partial charge is 0.329 e. The largest absolute Gasteiger partial charge is 0.480 e. The van der Waals surface area contributed by atoms with Crippen LogP contribution in [-0.2, 0) is 33.3 Å². The van der Waals surface area contributed by atoms with Crippen molar-refractivity contribution in [2.75, 3.05) is 26.4 Å². The molecule has 2 saturated heterocycles. The fourth-order valence-electron chi connectivity index (χ4n) is 3.94. The Balaban J connectivity index is 2.16. The number of aliphatic hydroxyl groups excluding tert-OH is 5. The molecule has 2 heterocycles. The molecule has 10 unspecified atom stereocenters. The number of hydrogen-bond acceptors (Lipinski definition) is 12. The minimum absolute atomic E-state index is 0.202. The molecule has 14 nitrogen and oxygen atoms in total. The fraction of sp³-hybridized carbons (Fsp3) is 0.895. The lowest BCUT2D eigenvalue weighted by molar-refractivity contribution is -0.354. The Morgan fingerprint density at radius 2 is 1.33 bits per heavy atom. The molecule has 192 valence electrons.